The Labute approximate surface area is 118 Å². The van der Waals surface area contributed by atoms with Gasteiger partial charge in [0.05, 0.1) is 0 Å². The van der Waals surface area contributed by atoms with Crippen LogP contribution in [0.1, 0.15) is 11.4 Å². The predicted molar refractivity (Wildman–Crippen MR) is 76.0 cm³/mol. The second-order valence-electron chi connectivity index (χ2n) is 4.51. The highest BCUT2D eigenvalue weighted by Crippen LogP contribution is 2.16. The molecular weight excluding hydrogens is 278 g/mol. The van der Waals surface area contributed by atoms with Gasteiger partial charge in [0.1, 0.15) is 5.82 Å². The van der Waals surface area contributed by atoms with Crippen molar-refractivity contribution in [1.82, 2.24) is 9.55 Å². The monoisotopic (exact) mass is 295 g/mol. The molecule has 0 aliphatic carbocycles. The first-order valence-corrected chi connectivity index (χ1v) is 7.63. The number of benzene rings is 1. The van der Waals surface area contributed by atoms with Crippen LogP contribution in [0.3, 0.4) is 0 Å². The molecule has 0 fully saturated rings. The fraction of sp³-hybridized carbons (Fsp3) is 0.308. The zero-order valence-electron chi connectivity index (χ0n) is 11.4. The van der Waals surface area contributed by atoms with Crippen LogP contribution in [0.15, 0.2) is 35.5 Å². The molecule has 1 heterocycles. The van der Waals surface area contributed by atoms with E-state index < -0.39 is 10.0 Å². The normalized spacial score (nSPS) is 11.6. The van der Waals surface area contributed by atoms with E-state index in [9.17, 15) is 8.42 Å². The molecule has 0 amide bonds. The lowest BCUT2D eigenvalue weighted by Crippen LogP contribution is -2.13. The molecule has 0 saturated carbocycles. The molecule has 0 aliphatic rings. The first kappa shape index (κ1) is 14.5. The van der Waals surface area contributed by atoms with Crippen LogP contribution in [-0.2, 0) is 23.5 Å². The van der Waals surface area contributed by atoms with Crippen LogP contribution in [0.2, 0.25) is 0 Å². The summed E-state index contributed by atoms with van der Waals surface area (Å²) in [5.74, 6) is 0.628. The Morgan fingerprint density at radius 2 is 1.95 bits per heavy atom. The van der Waals surface area contributed by atoms with Gasteiger partial charge in [-0.25, -0.2) is 4.98 Å². The third-order valence-electron chi connectivity index (χ3n) is 2.97. The maximum Gasteiger partial charge on any atom is 0.280 e. The van der Waals surface area contributed by atoms with Crippen LogP contribution >= 0.6 is 0 Å². The Hall–Kier alpha value is -1.86. The first-order valence-electron chi connectivity index (χ1n) is 6.15. The number of hydrogen-bond donors (Lipinski definition) is 2. The maximum absolute atomic E-state index is 12.2. The number of aromatic nitrogens is 2. The molecular formula is C13H17N3O3S. The summed E-state index contributed by atoms with van der Waals surface area (Å²) in [4.78, 5) is 4.00. The van der Waals surface area contributed by atoms with Crippen LogP contribution in [0.4, 0.5) is 5.69 Å². The van der Waals surface area contributed by atoms with Gasteiger partial charge in [-0.2, -0.15) is 8.42 Å². The molecule has 0 radical (unpaired) electrons. The van der Waals surface area contributed by atoms with Crippen molar-refractivity contribution in [2.24, 2.45) is 7.05 Å². The van der Waals surface area contributed by atoms with Gasteiger partial charge < -0.3 is 9.67 Å². The topological polar surface area (TPSA) is 84.2 Å². The molecule has 7 heteroatoms. The Morgan fingerprint density at radius 3 is 2.45 bits per heavy atom. The predicted octanol–water partition coefficient (Wildman–Crippen LogP) is 1.06. The van der Waals surface area contributed by atoms with Crippen molar-refractivity contribution in [3.05, 3.63) is 41.9 Å². The van der Waals surface area contributed by atoms with Crippen molar-refractivity contribution >= 4 is 15.7 Å². The lowest BCUT2D eigenvalue weighted by molar-refractivity contribution is 0.299. The minimum atomic E-state index is -3.67. The molecule has 108 valence electrons. The molecule has 6 nitrogen and oxygen atoms in total. The van der Waals surface area contributed by atoms with E-state index in [4.69, 9.17) is 5.11 Å². The molecule has 0 unspecified atom stereocenters. The third-order valence-corrected chi connectivity index (χ3v) is 4.22. The van der Waals surface area contributed by atoms with Crippen molar-refractivity contribution in [2.45, 2.75) is 18.4 Å². The summed E-state index contributed by atoms with van der Waals surface area (Å²) in [6.07, 6.45) is 2.02. The van der Waals surface area contributed by atoms with Gasteiger partial charge in [0.2, 0.25) is 0 Å². The Bertz CT molecular complexity index is 671. The number of aliphatic hydroxyl groups excluding tert-OH is 1. The van der Waals surface area contributed by atoms with Crippen LogP contribution < -0.4 is 4.72 Å². The Balaban J connectivity index is 2.19. The summed E-state index contributed by atoms with van der Waals surface area (Å²) in [6.45, 7) is 1.81. The van der Waals surface area contributed by atoms with Crippen LogP contribution in [0.5, 0.6) is 0 Å². The molecule has 2 rings (SSSR count). The van der Waals surface area contributed by atoms with E-state index in [1.54, 1.807) is 42.8 Å². The second kappa shape index (κ2) is 5.64. The third kappa shape index (κ3) is 3.17. The molecule has 1 aromatic carbocycles. The number of hydrogen-bond acceptors (Lipinski definition) is 4. The molecule has 0 atom stereocenters. The summed E-state index contributed by atoms with van der Waals surface area (Å²) < 4.78 is 28.4. The van der Waals surface area contributed by atoms with E-state index in [1.807, 2.05) is 0 Å². The SMILES string of the molecule is Cc1nc(S(=O)(=O)Nc2ccc(CCO)cc2)cn1C. The molecule has 0 aliphatic heterocycles. The van der Waals surface area contributed by atoms with Crippen molar-refractivity contribution in [3.63, 3.8) is 0 Å². The summed E-state index contributed by atoms with van der Waals surface area (Å²) >= 11 is 0. The van der Waals surface area contributed by atoms with Gasteiger partial charge in [-0.15, -0.1) is 0 Å². The van der Waals surface area contributed by atoms with E-state index in [2.05, 4.69) is 9.71 Å². The zero-order valence-corrected chi connectivity index (χ0v) is 12.2. The molecule has 0 saturated heterocycles. The lowest BCUT2D eigenvalue weighted by atomic mass is 10.1. The van der Waals surface area contributed by atoms with E-state index in [0.717, 1.165) is 5.56 Å². The molecule has 20 heavy (non-hydrogen) atoms. The van der Waals surface area contributed by atoms with Crippen LogP contribution in [-0.4, -0.2) is 29.7 Å². The molecule has 2 N–H and O–H groups in total. The van der Waals surface area contributed by atoms with E-state index in [0.29, 0.717) is 17.9 Å². The van der Waals surface area contributed by atoms with Crippen molar-refractivity contribution in [3.8, 4) is 0 Å². The van der Waals surface area contributed by atoms with E-state index in [1.165, 1.54) is 6.20 Å². The minimum Gasteiger partial charge on any atom is -0.396 e. The van der Waals surface area contributed by atoms with Gasteiger partial charge in [0.15, 0.2) is 5.03 Å². The first-order chi connectivity index (χ1) is 9.42. The largest absolute Gasteiger partial charge is 0.396 e. The average molecular weight is 295 g/mol. The average Bonchev–Trinajstić information content (AvgIpc) is 2.73. The van der Waals surface area contributed by atoms with Crippen molar-refractivity contribution < 1.29 is 13.5 Å². The molecule has 2 aromatic rings. The minimum absolute atomic E-state index is 0.00284. The maximum atomic E-state index is 12.2. The lowest BCUT2D eigenvalue weighted by Gasteiger charge is -2.06. The highest BCUT2D eigenvalue weighted by molar-refractivity contribution is 7.92. The quantitative estimate of drug-likeness (QED) is 0.864. The zero-order chi connectivity index (χ0) is 14.8. The molecule has 0 bridgehead atoms. The summed E-state index contributed by atoms with van der Waals surface area (Å²) in [5.41, 5.74) is 1.42. The number of nitrogens with one attached hydrogen (secondary N) is 1. The summed E-state index contributed by atoms with van der Waals surface area (Å²) in [6, 6.07) is 6.88. The molecule has 1 aromatic heterocycles. The van der Waals surface area contributed by atoms with Gasteiger partial charge in [0, 0.05) is 25.5 Å². The Kier molecular flexibility index (Phi) is 4.10. The van der Waals surface area contributed by atoms with Gasteiger partial charge in [0.25, 0.3) is 10.0 Å². The fourth-order valence-electron chi connectivity index (χ4n) is 1.73. The summed E-state index contributed by atoms with van der Waals surface area (Å²) in [7, 11) is -1.93. The fourth-order valence-corrected chi connectivity index (χ4v) is 2.83. The van der Waals surface area contributed by atoms with Crippen LogP contribution in [0.25, 0.3) is 0 Å². The van der Waals surface area contributed by atoms with Gasteiger partial charge in [-0.3, -0.25) is 4.72 Å². The second-order valence-corrected chi connectivity index (χ2v) is 6.14. The van der Waals surface area contributed by atoms with Crippen molar-refractivity contribution in [1.29, 1.82) is 0 Å². The number of sulfonamides is 1. The van der Waals surface area contributed by atoms with E-state index in [-0.39, 0.29) is 11.6 Å². The number of aliphatic hydroxyl groups is 1. The van der Waals surface area contributed by atoms with Crippen molar-refractivity contribution in [2.75, 3.05) is 11.3 Å². The standard InChI is InChI=1S/C13H17N3O3S/c1-10-14-13(9-16(10)2)20(18,19)15-12-5-3-11(4-6-12)7-8-17/h3-6,9,15,17H,7-8H2,1-2H3. The number of rotatable bonds is 5. The Morgan fingerprint density at radius 1 is 1.30 bits per heavy atom. The number of imidazole rings is 1. The van der Waals surface area contributed by atoms with Gasteiger partial charge >= 0.3 is 0 Å². The number of aryl methyl sites for hydroxylation is 2. The smallest absolute Gasteiger partial charge is 0.280 e. The van der Waals surface area contributed by atoms with Crippen LogP contribution in [0, 0.1) is 6.92 Å². The number of anilines is 1. The van der Waals surface area contributed by atoms with E-state index >= 15 is 0 Å². The number of nitrogens with zero attached hydrogens (tertiary/aromatic N) is 2. The summed E-state index contributed by atoms with van der Waals surface area (Å²) in [5, 5.41) is 8.83. The highest BCUT2D eigenvalue weighted by atomic mass is 32.2. The molecule has 0 spiro atoms. The van der Waals surface area contributed by atoms with Gasteiger partial charge in [-0.1, -0.05) is 12.1 Å². The van der Waals surface area contributed by atoms with Gasteiger partial charge in [-0.05, 0) is 31.0 Å². The highest BCUT2D eigenvalue weighted by Gasteiger charge is 2.18.